The maximum absolute atomic E-state index is 14.3. The smallest absolute Gasteiger partial charge is 0.295 e. The number of rotatable bonds is 17. The van der Waals surface area contributed by atoms with Crippen LogP contribution in [0.1, 0.15) is 67.7 Å². The minimum atomic E-state index is -3.82. The molecule has 3 fully saturated rings. The van der Waals surface area contributed by atoms with Gasteiger partial charge in [-0.3, -0.25) is 19.1 Å². The molecule has 0 amide bonds. The SMILES string of the molecule is Cn1cnc(-c2ccc(Nc3cc(CC(=O)C4CC4(F)F)nc4c3N=C(C(F)F)C4)c(S(C)(=O)=O)c2)c1.Cn1cnc(-c2ccc(Nc3cc(CC(=O)C4CC4(F)F)nc4c3nc(C(F)F)n4C3CCCCO3)c(S(C)(=O)=O)c2)c1. The van der Waals surface area contributed by atoms with E-state index in [2.05, 4.69) is 40.5 Å². The molecule has 11 rings (SSSR count). The quantitative estimate of drug-likeness (QED) is 0.0810. The molecule has 2 saturated carbocycles. The van der Waals surface area contributed by atoms with Crippen molar-refractivity contribution >= 4 is 76.6 Å². The summed E-state index contributed by atoms with van der Waals surface area (Å²) in [6.07, 6.45) is 1.64. The molecule has 2 aliphatic heterocycles. The zero-order valence-corrected chi connectivity index (χ0v) is 44.5. The van der Waals surface area contributed by atoms with Gasteiger partial charge in [0.25, 0.3) is 24.7 Å². The number of aliphatic imine (C=N–C) groups is 1. The van der Waals surface area contributed by atoms with Crippen LogP contribution in [0.4, 0.5) is 63.6 Å². The van der Waals surface area contributed by atoms with Gasteiger partial charge < -0.3 is 24.5 Å². The number of ether oxygens (including phenoxy) is 1. The second-order valence-electron chi connectivity index (χ2n) is 20.2. The van der Waals surface area contributed by atoms with Gasteiger partial charge in [0.05, 0.1) is 91.2 Å². The number of sulfone groups is 2. The van der Waals surface area contributed by atoms with E-state index in [1.54, 1.807) is 60.4 Å². The first-order valence-electron chi connectivity index (χ1n) is 24.8. The third kappa shape index (κ3) is 11.7. The van der Waals surface area contributed by atoms with Crippen molar-refractivity contribution in [3.63, 3.8) is 0 Å². The summed E-state index contributed by atoms with van der Waals surface area (Å²) in [6, 6.07) is 11.9. The maximum atomic E-state index is 14.3. The lowest BCUT2D eigenvalue weighted by Gasteiger charge is -2.25. The minimum absolute atomic E-state index is 0.00863. The standard InChI is InChI=1S/C28H28F4N6O4S.C24H21F4N5O3S/c1-37-13-20(33-14-37)15-6-7-18(22(9-15)43(2,40)41)35-19-10-16(11-21(39)17-12-28(17,31)32)34-26-24(19)36-27(25(29)30)38(26)23-5-3-4-8-42-23;1-33-10-19(29-11-33)12-3-4-15(21(5-12)37(2,35)36)31-16-6-13(7-20(34)14-9-24(14,27)28)30-17-8-18(23(25)26)32-22(16)17/h6-7,9-10,13-14,17,23,25H,3-5,8,11-12H2,1-2H3,(H,34,35);3-6,10-11,14,23H,7-9H2,1-2H3,(H,30,31). The van der Waals surface area contributed by atoms with Gasteiger partial charge in [0.1, 0.15) is 29.0 Å². The van der Waals surface area contributed by atoms with E-state index in [-0.39, 0.29) is 72.9 Å². The van der Waals surface area contributed by atoms with E-state index in [0.717, 1.165) is 18.9 Å². The highest BCUT2D eigenvalue weighted by Gasteiger charge is 2.61. The fraction of sp³-hybridized carbons (Fsp3) is 0.385. The summed E-state index contributed by atoms with van der Waals surface area (Å²) < 4.78 is 171. The molecule has 3 unspecified atom stereocenters. The maximum Gasteiger partial charge on any atom is 0.295 e. The summed E-state index contributed by atoms with van der Waals surface area (Å²) in [5.41, 5.74) is 2.55. The van der Waals surface area contributed by atoms with Gasteiger partial charge in [-0.15, -0.1) is 0 Å². The van der Waals surface area contributed by atoms with E-state index in [1.165, 1.54) is 41.0 Å². The Bertz CT molecular complexity index is 3900. The van der Waals surface area contributed by atoms with E-state index in [1.807, 2.05) is 0 Å². The number of pyridine rings is 2. The lowest BCUT2D eigenvalue weighted by molar-refractivity contribution is -0.122. The normalized spacial score (nSPS) is 19.1. The number of fused-ring (bicyclic) bond motifs is 2. The lowest BCUT2D eigenvalue weighted by atomic mass is 10.1. The molecule has 1 saturated heterocycles. The second kappa shape index (κ2) is 20.9. The number of nitrogens with zero attached hydrogens (tertiary/aromatic N) is 9. The summed E-state index contributed by atoms with van der Waals surface area (Å²) in [7, 11) is -4.04. The highest BCUT2D eigenvalue weighted by molar-refractivity contribution is 7.91. The van der Waals surface area contributed by atoms with Crippen LogP contribution in [0.25, 0.3) is 33.7 Å². The molecular weight excluding hydrogens is 1110 g/mol. The molecule has 18 nitrogen and oxygen atoms in total. The Balaban J connectivity index is 0.000000182. The van der Waals surface area contributed by atoms with Gasteiger partial charge in [0.2, 0.25) is 0 Å². The highest BCUT2D eigenvalue weighted by Crippen LogP contribution is 2.51. The number of halogens is 8. The van der Waals surface area contributed by atoms with Crippen molar-refractivity contribution < 1.29 is 66.3 Å². The largest absolute Gasteiger partial charge is 0.358 e. The van der Waals surface area contributed by atoms with E-state index in [0.29, 0.717) is 42.0 Å². The molecule has 0 spiro atoms. The number of aryl methyl sites for hydroxylation is 2. The number of hydrogen-bond acceptors (Lipinski definition) is 15. The molecule has 2 aliphatic carbocycles. The number of carbonyl (C=O) groups is 2. The van der Waals surface area contributed by atoms with E-state index in [4.69, 9.17) is 4.74 Å². The van der Waals surface area contributed by atoms with E-state index >= 15 is 0 Å². The predicted molar refractivity (Wildman–Crippen MR) is 276 cm³/mol. The van der Waals surface area contributed by atoms with Crippen molar-refractivity contribution in [3.05, 3.63) is 96.5 Å². The highest BCUT2D eigenvalue weighted by atomic mass is 32.2. The average molecular weight is 1160 g/mol. The van der Waals surface area contributed by atoms with Crippen LogP contribution in [-0.2, 0) is 67.4 Å². The van der Waals surface area contributed by atoms with Crippen molar-refractivity contribution in [1.29, 1.82) is 0 Å². The molecule has 3 atom stereocenters. The molecule has 7 aromatic rings. The number of alkyl halides is 8. The summed E-state index contributed by atoms with van der Waals surface area (Å²) in [5, 5.41) is 5.94. The molecule has 0 bridgehead atoms. The summed E-state index contributed by atoms with van der Waals surface area (Å²) >= 11 is 0. The number of imidazole rings is 3. The van der Waals surface area contributed by atoms with E-state index in [9.17, 15) is 61.5 Å². The summed E-state index contributed by atoms with van der Waals surface area (Å²) in [4.78, 5) is 50.1. The van der Waals surface area contributed by atoms with Crippen LogP contribution in [0.15, 0.2) is 88.4 Å². The Labute approximate surface area is 451 Å². The molecule has 2 N–H and O–H groups in total. The molecule has 422 valence electrons. The number of anilines is 4. The van der Waals surface area contributed by atoms with Gasteiger partial charge in [0, 0.05) is 88.8 Å². The molecule has 80 heavy (non-hydrogen) atoms. The van der Waals surface area contributed by atoms with Crippen LogP contribution in [0.3, 0.4) is 0 Å². The number of Topliss-reactive ketones (excluding diaryl/α,β-unsaturated/α-hetero) is 2. The molecule has 5 aromatic heterocycles. The number of nitrogens with one attached hydrogen (secondary N) is 2. The zero-order chi connectivity index (χ0) is 57.4. The fourth-order valence-electron chi connectivity index (χ4n) is 9.57. The Kier molecular flexibility index (Phi) is 14.6. The third-order valence-corrected chi connectivity index (χ3v) is 16.1. The van der Waals surface area contributed by atoms with E-state index < -0.39 is 111 Å². The molecule has 28 heteroatoms. The molecular formula is C52H49F8N11O7S2. The zero-order valence-electron chi connectivity index (χ0n) is 42.9. The van der Waals surface area contributed by atoms with Gasteiger partial charge in [-0.1, -0.05) is 12.1 Å². The van der Waals surface area contributed by atoms with Crippen LogP contribution in [-0.4, -0.2) is 110 Å². The third-order valence-electron chi connectivity index (χ3n) is 13.8. The van der Waals surface area contributed by atoms with Gasteiger partial charge in [-0.25, -0.2) is 76.9 Å². The van der Waals surface area contributed by atoms with Crippen LogP contribution in [0.5, 0.6) is 0 Å². The Morgan fingerprint density at radius 3 is 1.66 bits per heavy atom. The number of aromatic nitrogens is 8. The van der Waals surface area contributed by atoms with Crippen molar-refractivity contribution in [3.8, 4) is 22.5 Å². The van der Waals surface area contributed by atoms with Gasteiger partial charge >= 0.3 is 0 Å². The van der Waals surface area contributed by atoms with Crippen LogP contribution in [0.2, 0.25) is 0 Å². The molecule has 7 heterocycles. The average Bonchev–Trinajstić information content (AvgIpc) is 3.97. The minimum Gasteiger partial charge on any atom is -0.358 e. The predicted octanol–water partition coefficient (Wildman–Crippen LogP) is 9.67. The monoisotopic (exact) mass is 1160 g/mol. The summed E-state index contributed by atoms with van der Waals surface area (Å²) in [6.45, 7) is 0.341. The first-order valence-corrected chi connectivity index (χ1v) is 28.6. The fourth-order valence-corrected chi connectivity index (χ4v) is 11.3. The summed E-state index contributed by atoms with van der Waals surface area (Å²) in [5.74, 6) is -11.0. The Hall–Kier alpha value is -7.46. The van der Waals surface area contributed by atoms with Crippen LogP contribution in [0, 0.1) is 11.8 Å². The van der Waals surface area contributed by atoms with Gasteiger partial charge in [0.15, 0.2) is 31.1 Å². The first kappa shape index (κ1) is 55.8. The topological polar surface area (TPSA) is 227 Å². The Morgan fingerprint density at radius 1 is 0.700 bits per heavy atom. The first-order chi connectivity index (χ1) is 37.6. The number of hydrogen-bond donors (Lipinski definition) is 2. The number of ketones is 2. The number of carbonyl (C=O) groups excluding carboxylic acids is 2. The lowest BCUT2D eigenvalue weighted by Crippen LogP contribution is -2.21. The van der Waals surface area contributed by atoms with Crippen molar-refractivity contribution in [2.75, 3.05) is 29.8 Å². The van der Waals surface area contributed by atoms with Crippen molar-refractivity contribution in [1.82, 2.24) is 38.6 Å². The van der Waals surface area contributed by atoms with Crippen LogP contribution < -0.4 is 10.6 Å². The number of benzene rings is 2. The second-order valence-corrected chi connectivity index (χ2v) is 24.2. The molecule has 2 aromatic carbocycles. The van der Waals surface area contributed by atoms with Crippen molar-refractivity contribution in [2.24, 2.45) is 30.9 Å². The van der Waals surface area contributed by atoms with Crippen LogP contribution >= 0.6 is 0 Å². The van der Waals surface area contributed by atoms with Crippen molar-refractivity contribution in [2.45, 2.75) is 92.1 Å². The molecule has 4 aliphatic rings. The molecule has 0 radical (unpaired) electrons. The van der Waals surface area contributed by atoms with Gasteiger partial charge in [-0.05, 0) is 55.7 Å². The van der Waals surface area contributed by atoms with Gasteiger partial charge in [-0.2, -0.15) is 0 Å². The Morgan fingerprint density at radius 2 is 1.21 bits per heavy atom.